The zero-order chi connectivity index (χ0) is 12.4. The van der Waals surface area contributed by atoms with E-state index in [1.165, 1.54) is 11.1 Å². The molecule has 0 spiro atoms. The van der Waals surface area contributed by atoms with Gasteiger partial charge in [-0.25, -0.2) is 0 Å². The predicted octanol–water partition coefficient (Wildman–Crippen LogP) is 2.60. The second-order valence-corrected chi connectivity index (χ2v) is 4.22. The highest BCUT2D eigenvalue weighted by atomic mass is 16.6. The molecule has 1 atom stereocenters. The molecule has 1 aliphatic heterocycles. The molecule has 0 saturated carbocycles. The normalized spacial score (nSPS) is 16.8. The van der Waals surface area contributed by atoms with Crippen LogP contribution in [0.25, 0.3) is 6.08 Å². The molecule has 0 bridgehead atoms. The van der Waals surface area contributed by atoms with Gasteiger partial charge < -0.3 is 10.2 Å². The van der Waals surface area contributed by atoms with Gasteiger partial charge in [0.05, 0.1) is 6.04 Å². The van der Waals surface area contributed by atoms with Crippen LogP contribution in [0.1, 0.15) is 22.7 Å². The fourth-order valence-electron chi connectivity index (χ4n) is 2.33. The van der Waals surface area contributed by atoms with E-state index in [1.807, 2.05) is 42.6 Å². The second kappa shape index (κ2) is 4.55. The average Bonchev–Trinajstić information content (AvgIpc) is 2.46. The lowest BCUT2D eigenvalue weighted by Crippen LogP contribution is -2.22. The molecule has 3 nitrogen and oxygen atoms in total. The summed E-state index contributed by atoms with van der Waals surface area (Å²) in [7, 11) is 0. The van der Waals surface area contributed by atoms with Gasteiger partial charge in [0, 0.05) is 5.56 Å². The van der Waals surface area contributed by atoms with Crippen molar-refractivity contribution < 1.29 is 4.84 Å². The van der Waals surface area contributed by atoms with Gasteiger partial charge in [0.2, 0.25) is 0 Å². The number of fused-ring (bicyclic) bond motifs is 1. The minimum atomic E-state index is 0.0750. The largest absolute Gasteiger partial charge is 0.411 e. The van der Waals surface area contributed by atoms with Gasteiger partial charge in [-0.05, 0) is 29.5 Å². The zero-order valence-corrected chi connectivity index (χ0v) is 9.84. The first kappa shape index (κ1) is 10.9. The van der Waals surface area contributed by atoms with Crippen molar-refractivity contribution in [3.63, 3.8) is 0 Å². The molecule has 3 N–H and O–H groups in total. The quantitative estimate of drug-likeness (QED) is 0.791. The molecule has 0 radical (unpaired) electrons. The van der Waals surface area contributed by atoms with E-state index in [-0.39, 0.29) is 6.04 Å². The maximum absolute atomic E-state index is 5.33. The Morgan fingerprint density at radius 1 is 0.944 bits per heavy atom. The van der Waals surface area contributed by atoms with E-state index in [4.69, 9.17) is 10.7 Å². The standard InChI is InChI=1S/C15H14N2O/c16-18-14-8-4-3-7-13(14)15-12-6-2-1-5-11(12)9-10-17-15/h1-10,15,17H,16H2. The summed E-state index contributed by atoms with van der Waals surface area (Å²) in [6.07, 6.45) is 4.03. The van der Waals surface area contributed by atoms with E-state index in [0.29, 0.717) is 5.75 Å². The number of benzene rings is 2. The first-order chi connectivity index (χ1) is 8.90. The maximum atomic E-state index is 5.33. The summed E-state index contributed by atoms with van der Waals surface area (Å²) >= 11 is 0. The lowest BCUT2D eigenvalue weighted by atomic mass is 9.92. The summed E-state index contributed by atoms with van der Waals surface area (Å²) in [5.41, 5.74) is 3.48. The fourth-order valence-corrected chi connectivity index (χ4v) is 2.33. The van der Waals surface area contributed by atoms with Crippen molar-refractivity contribution >= 4 is 6.08 Å². The molecule has 1 aliphatic rings. The lowest BCUT2D eigenvalue weighted by Gasteiger charge is -2.25. The van der Waals surface area contributed by atoms with Crippen molar-refractivity contribution in [2.75, 3.05) is 0 Å². The van der Waals surface area contributed by atoms with Crippen LogP contribution in [-0.4, -0.2) is 0 Å². The summed E-state index contributed by atoms with van der Waals surface area (Å²) in [5, 5.41) is 3.35. The van der Waals surface area contributed by atoms with Crippen LogP contribution in [0.2, 0.25) is 0 Å². The molecular weight excluding hydrogens is 224 g/mol. The molecule has 1 unspecified atom stereocenters. The Hall–Kier alpha value is -2.26. The van der Waals surface area contributed by atoms with Gasteiger partial charge >= 0.3 is 0 Å². The summed E-state index contributed by atoms with van der Waals surface area (Å²) in [5.74, 6) is 6.03. The van der Waals surface area contributed by atoms with Crippen molar-refractivity contribution in [2.45, 2.75) is 6.04 Å². The van der Waals surface area contributed by atoms with Gasteiger partial charge in [0.15, 0.2) is 5.75 Å². The van der Waals surface area contributed by atoms with Crippen molar-refractivity contribution in [3.8, 4) is 5.75 Å². The highest BCUT2D eigenvalue weighted by Gasteiger charge is 2.20. The maximum Gasteiger partial charge on any atom is 0.152 e. The molecule has 1 heterocycles. The molecule has 0 aliphatic carbocycles. The van der Waals surface area contributed by atoms with Gasteiger partial charge in [0.25, 0.3) is 0 Å². The Morgan fingerprint density at radius 3 is 2.50 bits per heavy atom. The van der Waals surface area contributed by atoms with Gasteiger partial charge in [-0.2, -0.15) is 5.90 Å². The van der Waals surface area contributed by atoms with Gasteiger partial charge in [-0.1, -0.05) is 42.5 Å². The van der Waals surface area contributed by atoms with Gasteiger partial charge in [0.1, 0.15) is 0 Å². The predicted molar refractivity (Wildman–Crippen MR) is 71.7 cm³/mol. The first-order valence-corrected chi connectivity index (χ1v) is 5.87. The summed E-state index contributed by atoms with van der Waals surface area (Å²) < 4.78 is 0. The van der Waals surface area contributed by atoms with Gasteiger partial charge in [-0.3, -0.25) is 0 Å². The Labute approximate surface area is 106 Å². The monoisotopic (exact) mass is 238 g/mol. The van der Waals surface area contributed by atoms with E-state index >= 15 is 0 Å². The fraction of sp³-hybridized carbons (Fsp3) is 0.0667. The molecule has 2 aromatic rings. The Bertz CT molecular complexity index is 593. The van der Waals surface area contributed by atoms with E-state index in [9.17, 15) is 0 Å². The molecule has 0 amide bonds. The number of hydrogen-bond acceptors (Lipinski definition) is 3. The van der Waals surface area contributed by atoms with Crippen LogP contribution in [0, 0.1) is 0 Å². The topological polar surface area (TPSA) is 47.3 Å². The average molecular weight is 238 g/mol. The van der Waals surface area contributed by atoms with Crippen LogP contribution >= 0.6 is 0 Å². The molecule has 18 heavy (non-hydrogen) atoms. The van der Waals surface area contributed by atoms with E-state index in [0.717, 1.165) is 5.56 Å². The van der Waals surface area contributed by atoms with E-state index < -0.39 is 0 Å². The highest BCUT2D eigenvalue weighted by Crippen LogP contribution is 2.33. The highest BCUT2D eigenvalue weighted by molar-refractivity contribution is 5.59. The Kier molecular flexibility index (Phi) is 2.74. The number of nitrogens with one attached hydrogen (secondary N) is 1. The Balaban J connectivity index is 2.11. The Morgan fingerprint density at radius 2 is 1.67 bits per heavy atom. The first-order valence-electron chi connectivity index (χ1n) is 5.87. The third-order valence-corrected chi connectivity index (χ3v) is 3.19. The molecular formula is C15H14N2O. The van der Waals surface area contributed by atoms with Crippen LogP contribution in [0.5, 0.6) is 5.75 Å². The number of para-hydroxylation sites is 1. The number of nitrogens with two attached hydrogens (primary N) is 1. The molecule has 3 rings (SSSR count). The number of rotatable bonds is 2. The van der Waals surface area contributed by atoms with Crippen molar-refractivity contribution in [3.05, 3.63) is 71.4 Å². The van der Waals surface area contributed by atoms with E-state index in [2.05, 4.69) is 23.5 Å². The van der Waals surface area contributed by atoms with Crippen LogP contribution in [-0.2, 0) is 0 Å². The lowest BCUT2D eigenvalue weighted by molar-refractivity contribution is 0.328. The zero-order valence-electron chi connectivity index (χ0n) is 9.84. The summed E-state index contributed by atoms with van der Waals surface area (Å²) in [4.78, 5) is 4.95. The SMILES string of the molecule is NOc1ccccc1C1NC=Cc2ccccc21. The van der Waals surface area contributed by atoms with E-state index in [1.54, 1.807) is 0 Å². The molecule has 2 aromatic carbocycles. The molecule has 0 fully saturated rings. The molecule has 0 aromatic heterocycles. The summed E-state index contributed by atoms with van der Waals surface area (Å²) in [6.45, 7) is 0. The smallest absolute Gasteiger partial charge is 0.152 e. The van der Waals surface area contributed by atoms with Crippen LogP contribution in [0.4, 0.5) is 0 Å². The second-order valence-electron chi connectivity index (χ2n) is 4.22. The van der Waals surface area contributed by atoms with Crippen LogP contribution in [0.15, 0.2) is 54.7 Å². The third-order valence-electron chi connectivity index (χ3n) is 3.19. The molecule has 90 valence electrons. The summed E-state index contributed by atoms with van der Waals surface area (Å²) in [6, 6.07) is 16.2. The molecule has 3 heteroatoms. The minimum absolute atomic E-state index is 0.0750. The third kappa shape index (κ3) is 1.75. The minimum Gasteiger partial charge on any atom is -0.411 e. The van der Waals surface area contributed by atoms with Crippen molar-refractivity contribution in [2.24, 2.45) is 5.90 Å². The molecule has 0 saturated heterocycles. The van der Waals surface area contributed by atoms with Crippen LogP contribution in [0.3, 0.4) is 0 Å². The van der Waals surface area contributed by atoms with Crippen LogP contribution < -0.4 is 16.1 Å². The van der Waals surface area contributed by atoms with Crippen molar-refractivity contribution in [1.29, 1.82) is 0 Å². The number of hydrogen-bond donors (Lipinski definition) is 2. The van der Waals surface area contributed by atoms with Gasteiger partial charge in [-0.15, -0.1) is 0 Å². The van der Waals surface area contributed by atoms with Crippen molar-refractivity contribution in [1.82, 2.24) is 5.32 Å².